The van der Waals surface area contributed by atoms with Crippen molar-refractivity contribution in [3.8, 4) is 0 Å². The van der Waals surface area contributed by atoms with Gasteiger partial charge in [0, 0.05) is 50.9 Å². The van der Waals surface area contributed by atoms with Crippen LogP contribution in [-0.4, -0.2) is 55.5 Å². The number of hydrogen-bond acceptors (Lipinski definition) is 4. The van der Waals surface area contributed by atoms with Crippen LogP contribution in [0.2, 0.25) is 0 Å². The Kier molecular flexibility index (Phi) is 8.76. The summed E-state index contributed by atoms with van der Waals surface area (Å²) in [5, 5.41) is 2.94. The van der Waals surface area contributed by atoms with E-state index in [1.165, 1.54) is 12.1 Å². The summed E-state index contributed by atoms with van der Waals surface area (Å²) in [7, 11) is 0. The Morgan fingerprint density at radius 2 is 1.67 bits per heavy atom. The number of hydrogen-bond donors (Lipinski definition) is 2. The smallest absolute Gasteiger partial charge is 0.224 e. The number of piperazine rings is 1. The second-order valence-corrected chi connectivity index (χ2v) is 8.32. The van der Waals surface area contributed by atoms with E-state index in [1.807, 2.05) is 4.90 Å². The molecule has 1 aliphatic heterocycles. The van der Waals surface area contributed by atoms with Crippen molar-refractivity contribution in [2.75, 3.05) is 37.6 Å². The number of nitrogens with zero attached hydrogens (tertiary/aromatic N) is 2. The van der Waals surface area contributed by atoms with Crippen molar-refractivity contribution in [1.82, 2.24) is 10.2 Å². The number of benzene rings is 1. The van der Waals surface area contributed by atoms with E-state index in [2.05, 4.69) is 10.2 Å². The molecule has 4 atom stereocenters. The van der Waals surface area contributed by atoms with Crippen LogP contribution in [0.5, 0.6) is 0 Å². The molecule has 0 aromatic heterocycles. The first-order valence-electron chi connectivity index (χ1n) is 10.3. The second-order valence-electron chi connectivity index (χ2n) is 8.32. The topological polar surface area (TPSA) is 78.7 Å². The highest BCUT2D eigenvalue weighted by Crippen LogP contribution is 2.47. The molecule has 168 valence electrons. The van der Waals surface area contributed by atoms with Crippen molar-refractivity contribution in [3.05, 3.63) is 30.1 Å². The maximum atomic E-state index is 13.1. The lowest BCUT2D eigenvalue weighted by atomic mass is 9.84. The molecule has 0 spiro atoms. The summed E-state index contributed by atoms with van der Waals surface area (Å²) in [6.07, 6.45) is 3.65. The minimum absolute atomic E-state index is 0. The zero-order valence-electron chi connectivity index (χ0n) is 17.0. The molecule has 2 saturated carbocycles. The first kappa shape index (κ1) is 24.7. The largest absolute Gasteiger partial charge is 0.368 e. The lowest BCUT2D eigenvalue weighted by Crippen LogP contribution is -2.50. The average molecular weight is 461 g/mol. The van der Waals surface area contributed by atoms with Gasteiger partial charge in [-0.3, -0.25) is 9.59 Å². The van der Waals surface area contributed by atoms with Gasteiger partial charge in [0.25, 0.3) is 0 Å². The van der Waals surface area contributed by atoms with E-state index in [0.717, 1.165) is 38.0 Å². The third-order valence-corrected chi connectivity index (χ3v) is 6.75. The molecular weight excluding hydrogens is 430 g/mol. The Hall–Kier alpha value is -1.57. The van der Waals surface area contributed by atoms with Crippen molar-refractivity contribution in [2.45, 2.75) is 31.7 Å². The first-order chi connectivity index (χ1) is 13.5. The summed E-state index contributed by atoms with van der Waals surface area (Å²) in [5.74, 6) is 0.694. The summed E-state index contributed by atoms with van der Waals surface area (Å²) in [5.41, 5.74) is 7.20. The van der Waals surface area contributed by atoms with Gasteiger partial charge in [0.05, 0.1) is 5.92 Å². The number of carbonyl (C=O) groups excluding carboxylic acids is 2. The Bertz CT molecular complexity index is 726. The summed E-state index contributed by atoms with van der Waals surface area (Å²) < 4.78 is 13.1. The fourth-order valence-corrected chi connectivity index (χ4v) is 5.16. The molecule has 3 N–H and O–H groups in total. The van der Waals surface area contributed by atoms with Crippen LogP contribution < -0.4 is 16.0 Å². The fraction of sp³-hybridized carbons (Fsp3) is 0.619. The molecule has 9 heteroatoms. The average Bonchev–Trinajstić information content (AvgIpc) is 3.30. The third-order valence-electron chi connectivity index (χ3n) is 6.75. The maximum Gasteiger partial charge on any atom is 0.224 e. The molecule has 3 aliphatic rings. The Morgan fingerprint density at radius 1 is 1.03 bits per heavy atom. The molecule has 1 aromatic carbocycles. The van der Waals surface area contributed by atoms with E-state index < -0.39 is 0 Å². The quantitative estimate of drug-likeness (QED) is 0.705. The summed E-state index contributed by atoms with van der Waals surface area (Å²) in [4.78, 5) is 28.9. The van der Waals surface area contributed by atoms with Gasteiger partial charge in [0.15, 0.2) is 0 Å². The normalized spacial score (nSPS) is 27.3. The van der Waals surface area contributed by atoms with Crippen molar-refractivity contribution in [3.63, 3.8) is 0 Å². The molecule has 1 saturated heterocycles. The van der Waals surface area contributed by atoms with E-state index in [0.29, 0.717) is 37.9 Å². The molecule has 2 bridgehead atoms. The van der Waals surface area contributed by atoms with Gasteiger partial charge < -0.3 is 20.9 Å². The molecule has 4 unspecified atom stereocenters. The van der Waals surface area contributed by atoms with Crippen LogP contribution in [0.3, 0.4) is 0 Å². The van der Waals surface area contributed by atoms with Crippen LogP contribution in [-0.2, 0) is 9.59 Å². The minimum atomic E-state index is -0.244. The predicted octanol–water partition coefficient (Wildman–Crippen LogP) is 2.20. The van der Waals surface area contributed by atoms with Gasteiger partial charge in [-0.05, 0) is 55.4 Å². The number of nitrogens with two attached hydrogens (primary N) is 1. The van der Waals surface area contributed by atoms with Gasteiger partial charge in [-0.2, -0.15) is 0 Å². The van der Waals surface area contributed by atoms with Crippen LogP contribution >= 0.6 is 24.8 Å². The zero-order chi connectivity index (χ0) is 19.7. The molecule has 2 amide bonds. The molecule has 4 rings (SSSR count). The third kappa shape index (κ3) is 5.18. The maximum absolute atomic E-state index is 13.1. The molecule has 0 radical (unpaired) electrons. The lowest BCUT2D eigenvalue weighted by molar-refractivity contribution is -0.131. The highest BCUT2D eigenvalue weighted by molar-refractivity contribution is 5.85. The lowest BCUT2D eigenvalue weighted by Gasteiger charge is -2.36. The number of halogens is 3. The fourth-order valence-electron chi connectivity index (χ4n) is 5.16. The molecule has 6 nitrogen and oxygen atoms in total. The molecule has 3 fully saturated rings. The molecule has 1 aromatic rings. The molecule has 30 heavy (non-hydrogen) atoms. The minimum Gasteiger partial charge on any atom is -0.368 e. The van der Waals surface area contributed by atoms with Crippen LogP contribution in [0, 0.1) is 23.6 Å². The number of amides is 2. The standard InChI is InChI=1S/C21H29FN4O2.2ClH/c22-16-3-5-17(6-4-16)25-9-11-26(12-10-25)18(27)7-8-24-21(28)19-14-1-2-15(13-14)20(19)23;;/h3-6,14-15,19-20H,1-2,7-13,23H2,(H,24,28);2*1H. The van der Waals surface area contributed by atoms with E-state index in [9.17, 15) is 14.0 Å². The van der Waals surface area contributed by atoms with Crippen molar-refractivity contribution >= 4 is 42.3 Å². The zero-order valence-corrected chi connectivity index (χ0v) is 18.6. The summed E-state index contributed by atoms with van der Waals surface area (Å²) >= 11 is 0. The summed E-state index contributed by atoms with van der Waals surface area (Å²) in [6.45, 7) is 3.10. The van der Waals surface area contributed by atoms with Crippen molar-refractivity contribution < 1.29 is 14.0 Å². The van der Waals surface area contributed by atoms with Crippen LogP contribution in [0.4, 0.5) is 10.1 Å². The number of fused-ring (bicyclic) bond motifs is 2. The second kappa shape index (κ2) is 10.6. The van der Waals surface area contributed by atoms with Gasteiger partial charge in [-0.1, -0.05) is 0 Å². The SMILES string of the molecule is Cl.Cl.NC1C2CCC(C2)C1C(=O)NCCC(=O)N1CCN(c2ccc(F)cc2)CC1. The van der Waals surface area contributed by atoms with Crippen LogP contribution in [0.25, 0.3) is 0 Å². The number of nitrogens with one attached hydrogen (secondary N) is 1. The van der Waals surface area contributed by atoms with E-state index in [4.69, 9.17) is 5.73 Å². The van der Waals surface area contributed by atoms with E-state index in [-0.39, 0.29) is 54.4 Å². The number of rotatable bonds is 5. The van der Waals surface area contributed by atoms with Crippen molar-refractivity contribution in [2.24, 2.45) is 23.5 Å². The van der Waals surface area contributed by atoms with Gasteiger partial charge in [0.1, 0.15) is 5.82 Å². The first-order valence-corrected chi connectivity index (χ1v) is 10.3. The molecular formula is C21H31Cl2FN4O2. The Balaban J connectivity index is 0.00000160. The summed E-state index contributed by atoms with van der Waals surface area (Å²) in [6, 6.07) is 6.43. The molecule has 1 heterocycles. The monoisotopic (exact) mass is 460 g/mol. The number of anilines is 1. The highest BCUT2D eigenvalue weighted by Gasteiger charge is 2.48. The molecule has 2 aliphatic carbocycles. The van der Waals surface area contributed by atoms with Gasteiger partial charge in [-0.15, -0.1) is 24.8 Å². The van der Waals surface area contributed by atoms with Crippen LogP contribution in [0.1, 0.15) is 25.7 Å². The Morgan fingerprint density at radius 3 is 2.27 bits per heavy atom. The highest BCUT2D eigenvalue weighted by atomic mass is 35.5. The Labute approximate surface area is 189 Å². The van der Waals surface area contributed by atoms with E-state index in [1.54, 1.807) is 12.1 Å². The van der Waals surface area contributed by atoms with E-state index >= 15 is 0 Å². The van der Waals surface area contributed by atoms with Gasteiger partial charge in [-0.25, -0.2) is 4.39 Å². The van der Waals surface area contributed by atoms with Crippen LogP contribution in [0.15, 0.2) is 24.3 Å². The van der Waals surface area contributed by atoms with Gasteiger partial charge in [0.2, 0.25) is 11.8 Å². The number of carbonyl (C=O) groups is 2. The van der Waals surface area contributed by atoms with Gasteiger partial charge >= 0.3 is 0 Å². The predicted molar refractivity (Wildman–Crippen MR) is 120 cm³/mol. The van der Waals surface area contributed by atoms with Crippen molar-refractivity contribution in [1.29, 1.82) is 0 Å².